The molecule has 4 saturated carbocycles. The largest absolute Gasteiger partial charge is 0.353 e. The van der Waals surface area contributed by atoms with Crippen molar-refractivity contribution in [1.29, 1.82) is 10.5 Å². The second-order valence-corrected chi connectivity index (χ2v) is 8.30. The Morgan fingerprint density at radius 1 is 1.06 bits per heavy atom. The van der Waals surface area contributed by atoms with Crippen LogP contribution < -0.4 is 0 Å². The van der Waals surface area contributed by atoms with Crippen LogP contribution in [0, 0.1) is 46.3 Å². The van der Waals surface area contributed by atoms with E-state index in [9.17, 15) is 5.26 Å². The lowest BCUT2D eigenvalue weighted by Gasteiger charge is -2.68. The third-order valence-corrected chi connectivity index (χ3v) is 6.75. The van der Waals surface area contributed by atoms with Gasteiger partial charge in [-0.1, -0.05) is 15.9 Å². The molecule has 4 heteroatoms. The van der Waals surface area contributed by atoms with Crippen molar-refractivity contribution in [1.82, 2.24) is 0 Å². The van der Waals surface area contributed by atoms with E-state index in [1.807, 2.05) is 0 Å². The fourth-order valence-corrected chi connectivity index (χ4v) is 6.64. The highest BCUT2D eigenvalue weighted by atomic mass is 79.9. The van der Waals surface area contributed by atoms with Crippen molar-refractivity contribution in [2.45, 2.75) is 48.1 Å². The molecular weight excluding hydrogens is 292 g/mol. The average Bonchev–Trinajstić information content (AvgIpc) is 2.25. The monoisotopic (exact) mass is 306 g/mol. The zero-order valence-corrected chi connectivity index (χ0v) is 11.7. The second kappa shape index (κ2) is 3.30. The van der Waals surface area contributed by atoms with E-state index >= 15 is 0 Å². The van der Waals surface area contributed by atoms with E-state index in [-0.39, 0.29) is 11.5 Å². The minimum absolute atomic E-state index is 0.200. The van der Waals surface area contributed by atoms with Crippen molar-refractivity contribution < 1.29 is 4.74 Å². The lowest BCUT2D eigenvalue weighted by Crippen LogP contribution is -2.73. The zero-order valence-electron chi connectivity index (χ0n) is 10.1. The van der Waals surface area contributed by atoms with Gasteiger partial charge in [0.2, 0.25) is 0 Å². The van der Waals surface area contributed by atoms with Crippen LogP contribution in [0.5, 0.6) is 0 Å². The Labute approximate surface area is 115 Å². The highest BCUT2D eigenvalue weighted by Crippen LogP contribution is 2.68. The molecule has 1 aliphatic heterocycles. The summed E-state index contributed by atoms with van der Waals surface area (Å²) in [6.07, 6.45) is 5.43. The Morgan fingerprint density at radius 3 is 2.22 bits per heavy atom. The van der Waals surface area contributed by atoms with Gasteiger partial charge in [-0.2, -0.15) is 10.5 Å². The summed E-state index contributed by atoms with van der Waals surface area (Å²) in [7, 11) is 0. The van der Waals surface area contributed by atoms with Gasteiger partial charge in [-0.3, -0.25) is 0 Å². The van der Waals surface area contributed by atoms with Gasteiger partial charge in [0.15, 0.2) is 6.10 Å². The molecule has 5 aliphatic rings. The van der Waals surface area contributed by atoms with Crippen LogP contribution in [0.25, 0.3) is 0 Å². The van der Waals surface area contributed by atoms with E-state index in [4.69, 9.17) is 10.00 Å². The summed E-state index contributed by atoms with van der Waals surface area (Å²) in [6, 6.07) is 4.51. The van der Waals surface area contributed by atoms with Crippen LogP contribution >= 0.6 is 15.9 Å². The lowest BCUT2D eigenvalue weighted by atomic mass is 9.45. The van der Waals surface area contributed by atoms with E-state index in [0.29, 0.717) is 16.2 Å². The Kier molecular flexibility index (Phi) is 2.06. The zero-order chi connectivity index (χ0) is 12.5. The molecule has 4 aliphatic carbocycles. The first-order chi connectivity index (χ1) is 8.61. The van der Waals surface area contributed by atoms with Crippen molar-refractivity contribution in [2.75, 3.05) is 0 Å². The number of nitrogens with zero attached hydrogens (tertiary/aromatic N) is 2. The van der Waals surface area contributed by atoms with Gasteiger partial charge in [0.1, 0.15) is 5.92 Å². The van der Waals surface area contributed by atoms with Gasteiger partial charge in [-0.25, -0.2) is 0 Å². The molecule has 94 valence electrons. The highest BCUT2D eigenvalue weighted by molar-refractivity contribution is 9.10. The molecule has 5 rings (SSSR count). The Bertz CT molecular complexity index is 475. The van der Waals surface area contributed by atoms with E-state index < -0.39 is 6.10 Å². The Morgan fingerprint density at radius 2 is 1.72 bits per heavy atom. The smallest absolute Gasteiger partial charge is 0.163 e. The minimum atomic E-state index is -0.487. The highest BCUT2D eigenvalue weighted by Gasteiger charge is 2.71. The number of alkyl halides is 1. The molecule has 0 aromatic rings. The van der Waals surface area contributed by atoms with Crippen LogP contribution in [-0.4, -0.2) is 16.0 Å². The van der Waals surface area contributed by atoms with E-state index in [1.54, 1.807) is 0 Å². The van der Waals surface area contributed by atoms with Crippen molar-refractivity contribution in [3.8, 4) is 12.1 Å². The van der Waals surface area contributed by atoms with Crippen molar-refractivity contribution >= 4 is 15.9 Å². The molecule has 0 aromatic carbocycles. The third-order valence-electron chi connectivity index (χ3n) is 5.78. The summed E-state index contributed by atoms with van der Waals surface area (Å²) in [4.78, 5) is 0. The van der Waals surface area contributed by atoms with E-state index in [0.717, 1.165) is 18.8 Å². The summed E-state index contributed by atoms with van der Waals surface area (Å²) in [5.74, 6) is 1.57. The molecule has 0 aromatic heterocycles. The van der Waals surface area contributed by atoms with Gasteiger partial charge in [0.05, 0.1) is 17.7 Å². The second-order valence-electron chi connectivity index (χ2n) is 6.62. The standard InChI is InChI=1S/C14H15BrN2O/c15-13-3-8-1-9(4-13)14(10(2-8)5-13)11(6-16)12(7-17)18-14/h8-12H,1-5H2/t8?,9-,10+,11-,12+,13?,14?/m1/s1. The molecule has 18 heavy (non-hydrogen) atoms. The molecule has 0 amide bonds. The predicted octanol–water partition coefficient (Wildman–Crippen LogP) is 2.76. The first-order valence-electron chi connectivity index (χ1n) is 6.77. The van der Waals surface area contributed by atoms with Gasteiger partial charge >= 0.3 is 0 Å². The number of hydrogen-bond donors (Lipinski definition) is 0. The molecule has 7 atom stereocenters. The van der Waals surface area contributed by atoms with Crippen LogP contribution in [0.15, 0.2) is 0 Å². The van der Waals surface area contributed by atoms with E-state index in [1.165, 1.54) is 19.3 Å². The van der Waals surface area contributed by atoms with Crippen molar-refractivity contribution in [3.63, 3.8) is 0 Å². The number of rotatable bonds is 0. The average molecular weight is 307 g/mol. The fraction of sp³-hybridized carbons (Fsp3) is 0.857. The van der Waals surface area contributed by atoms with Crippen LogP contribution in [0.2, 0.25) is 0 Å². The van der Waals surface area contributed by atoms with Crippen LogP contribution in [0.4, 0.5) is 0 Å². The maximum Gasteiger partial charge on any atom is 0.163 e. The normalized spacial score (nSPS) is 60.1. The number of nitriles is 2. The summed E-state index contributed by atoms with van der Waals surface area (Å²) in [6.45, 7) is 0. The van der Waals surface area contributed by atoms with Crippen molar-refractivity contribution in [3.05, 3.63) is 0 Å². The van der Waals surface area contributed by atoms with Crippen LogP contribution in [0.3, 0.4) is 0 Å². The van der Waals surface area contributed by atoms with E-state index in [2.05, 4.69) is 28.1 Å². The third kappa shape index (κ3) is 1.12. The maximum atomic E-state index is 9.41. The Balaban J connectivity index is 1.73. The first-order valence-corrected chi connectivity index (χ1v) is 7.56. The summed E-state index contributed by atoms with van der Waals surface area (Å²) in [5, 5.41) is 18.4. The van der Waals surface area contributed by atoms with Gasteiger partial charge in [0.25, 0.3) is 0 Å². The summed E-state index contributed by atoms with van der Waals surface area (Å²) < 4.78 is 6.30. The molecule has 0 radical (unpaired) electrons. The van der Waals surface area contributed by atoms with Gasteiger partial charge in [0, 0.05) is 4.32 Å². The van der Waals surface area contributed by atoms with Crippen LogP contribution in [-0.2, 0) is 4.74 Å². The molecular formula is C14H15BrN2O. The summed E-state index contributed by atoms with van der Waals surface area (Å²) in [5.41, 5.74) is -0.274. The summed E-state index contributed by atoms with van der Waals surface area (Å²) >= 11 is 3.93. The molecule has 4 bridgehead atoms. The van der Waals surface area contributed by atoms with Gasteiger partial charge in [-0.15, -0.1) is 0 Å². The number of hydrogen-bond acceptors (Lipinski definition) is 3. The van der Waals surface area contributed by atoms with Gasteiger partial charge < -0.3 is 4.74 Å². The molecule has 1 spiro atoms. The fourth-order valence-electron chi connectivity index (χ4n) is 5.40. The molecule has 1 saturated heterocycles. The number of ether oxygens (including phenoxy) is 1. The van der Waals surface area contributed by atoms with Crippen molar-refractivity contribution in [2.24, 2.45) is 23.7 Å². The Hall–Kier alpha value is -0.580. The molecule has 5 fully saturated rings. The lowest BCUT2D eigenvalue weighted by molar-refractivity contribution is -0.312. The molecule has 3 unspecified atom stereocenters. The topological polar surface area (TPSA) is 56.8 Å². The van der Waals surface area contributed by atoms with Gasteiger partial charge in [-0.05, 0) is 49.9 Å². The predicted molar refractivity (Wildman–Crippen MR) is 67.5 cm³/mol. The number of halogens is 1. The van der Waals surface area contributed by atoms with Crippen LogP contribution in [0.1, 0.15) is 32.1 Å². The molecule has 3 nitrogen and oxygen atoms in total. The maximum absolute atomic E-state index is 9.41. The molecule has 1 heterocycles. The quantitative estimate of drug-likeness (QED) is 0.647. The SMILES string of the molecule is N#C[C@@H]1OC2([C@@H]3CC4C[C@H]2CC(Br)(C4)C3)[C@@H]1C#N. The molecule has 0 N–H and O–H groups in total. The minimum Gasteiger partial charge on any atom is -0.353 e. The first kappa shape index (κ1) is 11.3.